The second kappa shape index (κ2) is 4.81. The molecule has 4 nitrogen and oxygen atoms in total. The molecule has 0 radical (unpaired) electrons. The SMILES string of the molecule is CC1CN(c2ncc(CN)cn2)CCS1. The van der Waals surface area contributed by atoms with Crippen LogP contribution >= 0.6 is 11.8 Å². The summed E-state index contributed by atoms with van der Waals surface area (Å²) in [7, 11) is 0. The van der Waals surface area contributed by atoms with Gasteiger partial charge in [0.1, 0.15) is 0 Å². The van der Waals surface area contributed by atoms with Crippen molar-refractivity contribution in [2.45, 2.75) is 18.7 Å². The minimum absolute atomic E-state index is 0.506. The van der Waals surface area contributed by atoms with Crippen LogP contribution in [0.4, 0.5) is 5.95 Å². The average Bonchev–Trinajstić information content (AvgIpc) is 2.29. The van der Waals surface area contributed by atoms with Gasteiger partial charge in [-0.2, -0.15) is 11.8 Å². The third kappa shape index (κ3) is 2.60. The molecule has 0 amide bonds. The van der Waals surface area contributed by atoms with E-state index in [9.17, 15) is 0 Å². The molecule has 1 aliphatic heterocycles. The second-order valence-corrected chi connectivity index (χ2v) is 5.27. The van der Waals surface area contributed by atoms with Gasteiger partial charge in [0.15, 0.2) is 0 Å². The molecule has 1 aromatic heterocycles. The van der Waals surface area contributed by atoms with Crippen molar-refractivity contribution in [3.8, 4) is 0 Å². The fourth-order valence-corrected chi connectivity index (χ4v) is 2.63. The molecule has 1 atom stereocenters. The number of anilines is 1. The van der Waals surface area contributed by atoms with Crippen molar-refractivity contribution in [1.82, 2.24) is 9.97 Å². The normalized spacial score (nSPS) is 21.7. The van der Waals surface area contributed by atoms with E-state index in [-0.39, 0.29) is 0 Å². The average molecular weight is 224 g/mol. The van der Waals surface area contributed by atoms with Crippen LogP contribution in [-0.4, -0.2) is 34.1 Å². The lowest BCUT2D eigenvalue weighted by atomic mass is 10.3. The van der Waals surface area contributed by atoms with Crippen molar-refractivity contribution in [3.05, 3.63) is 18.0 Å². The third-order valence-corrected chi connectivity index (χ3v) is 3.59. The van der Waals surface area contributed by atoms with Crippen molar-refractivity contribution < 1.29 is 0 Å². The standard InChI is InChI=1S/C10H16N4S/c1-8-7-14(2-3-15-8)10-12-5-9(4-11)6-13-10/h5-6,8H,2-4,7,11H2,1H3. The van der Waals surface area contributed by atoms with Gasteiger partial charge in [-0.25, -0.2) is 9.97 Å². The number of thioether (sulfide) groups is 1. The molecule has 0 bridgehead atoms. The molecular weight excluding hydrogens is 208 g/mol. The Morgan fingerprint density at radius 2 is 2.27 bits per heavy atom. The Kier molecular flexibility index (Phi) is 3.43. The number of aromatic nitrogens is 2. The lowest BCUT2D eigenvalue weighted by molar-refractivity contribution is 0.752. The smallest absolute Gasteiger partial charge is 0.225 e. The first-order valence-electron chi connectivity index (χ1n) is 5.17. The van der Waals surface area contributed by atoms with E-state index >= 15 is 0 Å². The first kappa shape index (κ1) is 10.7. The summed E-state index contributed by atoms with van der Waals surface area (Å²) < 4.78 is 0. The molecule has 1 aliphatic rings. The minimum Gasteiger partial charge on any atom is -0.339 e. The maximum absolute atomic E-state index is 5.50. The van der Waals surface area contributed by atoms with Crippen LogP contribution in [0.5, 0.6) is 0 Å². The van der Waals surface area contributed by atoms with E-state index in [1.54, 1.807) is 0 Å². The molecule has 1 saturated heterocycles. The lowest BCUT2D eigenvalue weighted by Gasteiger charge is -2.30. The summed E-state index contributed by atoms with van der Waals surface area (Å²) in [5, 5.41) is 0.663. The fourth-order valence-electron chi connectivity index (χ4n) is 1.62. The Bertz CT molecular complexity index is 314. The van der Waals surface area contributed by atoms with Gasteiger partial charge in [-0.15, -0.1) is 0 Å². The Morgan fingerprint density at radius 3 is 2.87 bits per heavy atom. The number of hydrogen-bond donors (Lipinski definition) is 1. The molecule has 1 unspecified atom stereocenters. The van der Waals surface area contributed by atoms with Crippen LogP contribution in [0.2, 0.25) is 0 Å². The van der Waals surface area contributed by atoms with Gasteiger partial charge in [-0.05, 0) is 0 Å². The van der Waals surface area contributed by atoms with Crippen molar-refractivity contribution in [2.24, 2.45) is 5.73 Å². The van der Waals surface area contributed by atoms with Crippen LogP contribution in [0.1, 0.15) is 12.5 Å². The Labute approximate surface area is 94.3 Å². The van der Waals surface area contributed by atoms with E-state index in [4.69, 9.17) is 5.73 Å². The number of nitrogens with zero attached hydrogens (tertiary/aromatic N) is 3. The van der Waals surface area contributed by atoms with Gasteiger partial charge < -0.3 is 10.6 Å². The molecule has 1 fully saturated rings. The van der Waals surface area contributed by atoms with Crippen LogP contribution < -0.4 is 10.6 Å². The van der Waals surface area contributed by atoms with Gasteiger partial charge in [-0.3, -0.25) is 0 Å². The maximum atomic E-state index is 5.50. The van der Waals surface area contributed by atoms with Gasteiger partial charge in [0.2, 0.25) is 5.95 Å². The predicted octanol–water partition coefficient (Wildman–Crippen LogP) is 0.877. The molecular formula is C10H16N4S. The highest BCUT2D eigenvalue weighted by atomic mass is 32.2. The van der Waals surface area contributed by atoms with Gasteiger partial charge in [0.05, 0.1) is 0 Å². The van der Waals surface area contributed by atoms with Crippen LogP contribution in [0.3, 0.4) is 0 Å². The summed E-state index contributed by atoms with van der Waals surface area (Å²) in [4.78, 5) is 10.9. The first-order valence-corrected chi connectivity index (χ1v) is 6.22. The molecule has 2 heterocycles. The molecule has 15 heavy (non-hydrogen) atoms. The Morgan fingerprint density at radius 1 is 1.53 bits per heavy atom. The van der Waals surface area contributed by atoms with Gasteiger partial charge >= 0.3 is 0 Å². The maximum Gasteiger partial charge on any atom is 0.225 e. The van der Waals surface area contributed by atoms with Gasteiger partial charge in [-0.1, -0.05) is 6.92 Å². The minimum atomic E-state index is 0.506. The monoisotopic (exact) mass is 224 g/mol. The summed E-state index contributed by atoms with van der Waals surface area (Å²) in [6.45, 7) is 4.82. The highest BCUT2D eigenvalue weighted by Gasteiger charge is 2.18. The van der Waals surface area contributed by atoms with Crippen molar-refractivity contribution >= 4 is 17.7 Å². The first-order chi connectivity index (χ1) is 7.29. The zero-order chi connectivity index (χ0) is 10.7. The Balaban J connectivity index is 2.07. The molecule has 2 N–H and O–H groups in total. The summed E-state index contributed by atoms with van der Waals surface area (Å²) in [5.41, 5.74) is 6.49. The summed E-state index contributed by atoms with van der Waals surface area (Å²) >= 11 is 2.01. The third-order valence-electron chi connectivity index (χ3n) is 2.45. The van der Waals surface area contributed by atoms with E-state index in [1.807, 2.05) is 24.2 Å². The molecule has 1 aromatic rings. The van der Waals surface area contributed by atoms with E-state index in [0.717, 1.165) is 30.4 Å². The summed E-state index contributed by atoms with van der Waals surface area (Å²) in [5.74, 6) is 1.99. The zero-order valence-corrected chi connectivity index (χ0v) is 9.70. The topological polar surface area (TPSA) is 55.0 Å². The van der Waals surface area contributed by atoms with E-state index in [2.05, 4.69) is 21.8 Å². The number of nitrogens with two attached hydrogens (primary N) is 1. The van der Waals surface area contributed by atoms with E-state index in [1.165, 1.54) is 0 Å². The largest absolute Gasteiger partial charge is 0.339 e. The highest BCUT2D eigenvalue weighted by molar-refractivity contribution is 8.00. The van der Waals surface area contributed by atoms with E-state index in [0.29, 0.717) is 11.8 Å². The van der Waals surface area contributed by atoms with Crippen LogP contribution in [0, 0.1) is 0 Å². The van der Waals surface area contributed by atoms with Crippen LogP contribution in [0.15, 0.2) is 12.4 Å². The van der Waals surface area contributed by atoms with Crippen molar-refractivity contribution in [3.63, 3.8) is 0 Å². The van der Waals surface area contributed by atoms with Gasteiger partial charge in [0, 0.05) is 48.6 Å². The summed E-state index contributed by atoms with van der Waals surface area (Å²) in [6.07, 6.45) is 3.63. The van der Waals surface area contributed by atoms with Crippen molar-refractivity contribution in [1.29, 1.82) is 0 Å². The highest BCUT2D eigenvalue weighted by Crippen LogP contribution is 2.20. The zero-order valence-electron chi connectivity index (χ0n) is 8.89. The fraction of sp³-hybridized carbons (Fsp3) is 0.600. The molecule has 82 valence electrons. The lowest BCUT2D eigenvalue weighted by Crippen LogP contribution is -2.37. The Hall–Kier alpha value is -0.810. The van der Waals surface area contributed by atoms with Gasteiger partial charge in [0.25, 0.3) is 0 Å². The summed E-state index contributed by atoms with van der Waals surface area (Å²) in [6, 6.07) is 0. The van der Waals surface area contributed by atoms with Crippen molar-refractivity contribution in [2.75, 3.05) is 23.7 Å². The second-order valence-electron chi connectivity index (χ2n) is 3.72. The number of rotatable bonds is 2. The molecule has 0 aliphatic carbocycles. The molecule has 2 rings (SSSR count). The van der Waals surface area contributed by atoms with Crippen LogP contribution in [-0.2, 0) is 6.54 Å². The van der Waals surface area contributed by atoms with E-state index < -0.39 is 0 Å². The quantitative estimate of drug-likeness (QED) is 0.808. The molecule has 0 saturated carbocycles. The molecule has 5 heteroatoms. The molecule has 0 aromatic carbocycles. The predicted molar refractivity (Wildman–Crippen MR) is 64.1 cm³/mol. The molecule has 0 spiro atoms. The number of hydrogen-bond acceptors (Lipinski definition) is 5. The van der Waals surface area contributed by atoms with Crippen LogP contribution in [0.25, 0.3) is 0 Å².